The number of nitrogens with zero attached hydrogens (tertiary/aromatic N) is 2. The van der Waals surface area contributed by atoms with Crippen LogP contribution in [0.15, 0.2) is 0 Å². The molecule has 2 rings (SSSR count). The summed E-state index contributed by atoms with van der Waals surface area (Å²) in [6.45, 7) is 4.91. The maximum atomic E-state index is 5.52. The molecule has 0 unspecified atom stereocenters. The van der Waals surface area contributed by atoms with Gasteiger partial charge in [-0.25, -0.2) is 9.97 Å². The van der Waals surface area contributed by atoms with Gasteiger partial charge in [0.05, 0.1) is 19.8 Å². The van der Waals surface area contributed by atoms with Crippen LogP contribution in [0.25, 0.3) is 0 Å². The second-order valence-electron chi connectivity index (χ2n) is 5.36. The van der Waals surface area contributed by atoms with Crippen LogP contribution in [0.3, 0.4) is 0 Å². The monoisotopic (exact) mass is 293 g/mol. The molecule has 1 heterocycles. The second kappa shape index (κ2) is 8.95. The first kappa shape index (κ1) is 16.2. The van der Waals surface area contributed by atoms with Gasteiger partial charge in [-0.3, -0.25) is 0 Å². The van der Waals surface area contributed by atoms with Gasteiger partial charge in [-0.05, 0) is 32.6 Å². The molecule has 0 fully saturated rings. The highest BCUT2D eigenvalue weighted by Gasteiger charge is 2.16. The van der Waals surface area contributed by atoms with Gasteiger partial charge in [0.25, 0.3) is 0 Å². The van der Waals surface area contributed by atoms with Crippen molar-refractivity contribution in [1.29, 1.82) is 0 Å². The number of fused-ring (bicyclic) bond motifs is 1. The Kier molecular flexibility index (Phi) is 6.89. The summed E-state index contributed by atoms with van der Waals surface area (Å²) in [6, 6.07) is 0. The number of nitrogens with one attached hydrogen (secondary N) is 1. The summed E-state index contributed by atoms with van der Waals surface area (Å²) < 4.78 is 10.5. The van der Waals surface area contributed by atoms with Crippen LogP contribution in [0.4, 0.5) is 5.82 Å². The lowest BCUT2D eigenvalue weighted by atomic mass is 10.1. The number of hydrogen-bond acceptors (Lipinski definition) is 5. The van der Waals surface area contributed by atoms with E-state index in [9.17, 15) is 0 Å². The molecule has 0 saturated carbocycles. The lowest BCUT2D eigenvalue weighted by Crippen LogP contribution is -2.13. The second-order valence-corrected chi connectivity index (χ2v) is 5.36. The topological polar surface area (TPSA) is 56.3 Å². The number of methoxy groups -OCH3 is 1. The molecular weight excluding hydrogens is 266 g/mol. The fourth-order valence-corrected chi connectivity index (χ4v) is 2.66. The van der Waals surface area contributed by atoms with Crippen LogP contribution in [-0.2, 0) is 28.7 Å². The normalized spacial score (nSPS) is 14.6. The maximum Gasteiger partial charge on any atom is 0.133 e. The van der Waals surface area contributed by atoms with E-state index in [-0.39, 0.29) is 0 Å². The Morgan fingerprint density at radius 2 is 1.90 bits per heavy atom. The largest absolute Gasteiger partial charge is 0.382 e. The fraction of sp³-hybridized carbons (Fsp3) is 0.750. The molecule has 0 radical (unpaired) electrons. The Bertz CT molecular complexity index is 438. The summed E-state index contributed by atoms with van der Waals surface area (Å²) in [4.78, 5) is 9.47. The van der Waals surface area contributed by atoms with Gasteiger partial charge in [0.2, 0.25) is 0 Å². The Morgan fingerprint density at radius 1 is 1.05 bits per heavy atom. The third-order valence-corrected chi connectivity index (χ3v) is 3.73. The predicted molar refractivity (Wildman–Crippen MR) is 83.9 cm³/mol. The first-order valence-electron chi connectivity index (χ1n) is 8.04. The molecule has 5 nitrogen and oxygen atoms in total. The van der Waals surface area contributed by atoms with Crippen molar-refractivity contribution in [1.82, 2.24) is 9.97 Å². The van der Waals surface area contributed by atoms with Crippen molar-refractivity contribution in [3.63, 3.8) is 0 Å². The van der Waals surface area contributed by atoms with Gasteiger partial charge in [-0.15, -0.1) is 0 Å². The zero-order valence-corrected chi connectivity index (χ0v) is 13.3. The van der Waals surface area contributed by atoms with E-state index in [1.54, 1.807) is 7.11 Å². The Labute approximate surface area is 127 Å². The highest BCUT2D eigenvalue weighted by Crippen LogP contribution is 2.24. The molecule has 0 spiro atoms. The Morgan fingerprint density at radius 3 is 2.71 bits per heavy atom. The third kappa shape index (κ3) is 4.93. The molecule has 1 N–H and O–H groups in total. The molecule has 1 aromatic rings. The van der Waals surface area contributed by atoms with Crippen molar-refractivity contribution < 1.29 is 9.47 Å². The van der Waals surface area contributed by atoms with Crippen molar-refractivity contribution in [3.05, 3.63) is 17.1 Å². The number of ether oxygens (including phenoxy) is 2. The van der Waals surface area contributed by atoms with Crippen molar-refractivity contribution in [3.8, 4) is 0 Å². The number of rotatable bonds is 8. The molecule has 21 heavy (non-hydrogen) atoms. The van der Waals surface area contributed by atoms with E-state index in [1.165, 1.54) is 30.5 Å². The lowest BCUT2D eigenvalue weighted by Gasteiger charge is -2.14. The highest BCUT2D eigenvalue weighted by molar-refractivity contribution is 5.47. The van der Waals surface area contributed by atoms with Crippen LogP contribution >= 0.6 is 0 Å². The average molecular weight is 293 g/mol. The van der Waals surface area contributed by atoms with Gasteiger partial charge in [-0.2, -0.15) is 0 Å². The van der Waals surface area contributed by atoms with Crippen molar-refractivity contribution in [2.24, 2.45) is 0 Å². The van der Waals surface area contributed by atoms with E-state index in [1.807, 2.05) is 0 Å². The van der Waals surface area contributed by atoms with Crippen molar-refractivity contribution in [2.45, 2.75) is 45.4 Å². The predicted octanol–water partition coefficient (Wildman–Crippen LogP) is 2.38. The van der Waals surface area contributed by atoms with Crippen LogP contribution < -0.4 is 5.32 Å². The van der Waals surface area contributed by atoms with Crippen LogP contribution in [0.2, 0.25) is 0 Å². The molecule has 1 aromatic heterocycles. The van der Waals surface area contributed by atoms with E-state index in [0.29, 0.717) is 19.8 Å². The van der Waals surface area contributed by atoms with Crippen LogP contribution in [0.1, 0.15) is 43.3 Å². The summed E-state index contributed by atoms with van der Waals surface area (Å²) in [6.07, 6.45) is 6.70. The van der Waals surface area contributed by atoms with E-state index in [0.717, 1.165) is 37.4 Å². The van der Waals surface area contributed by atoms with Gasteiger partial charge in [0.15, 0.2) is 0 Å². The molecule has 1 aliphatic carbocycles. The molecule has 118 valence electrons. The van der Waals surface area contributed by atoms with Gasteiger partial charge < -0.3 is 14.8 Å². The Hall–Kier alpha value is -1.20. The zero-order chi connectivity index (χ0) is 14.9. The number of anilines is 1. The SMILES string of the molecule is CCNc1nc(CCOCCOC)nc2c1CCCCC2. The molecular formula is C16H27N3O2. The minimum absolute atomic E-state index is 0.626. The summed E-state index contributed by atoms with van der Waals surface area (Å²) in [5.41, 5.74) is 2.57. The first-order valence-corrected chi connectivity index (χ1v) is 8.04. The van der Waals surface area contributed by atoms with Crippen LogP contribution in [0.5, 0.6) is 0 Å². The van der Waals surface area contributed by atoms with E-state index in [2.05, 4.69) is 12.2 Å². The van der Waals surface area contributed by atoms with Gasteiger partial charge >= 0.3 is 0 Å². The molecule has 0 saturated heterocycles. The highest BCUT2D eigenvalue weighted by atomic mass is 16.5. The number of hydrogen-bond donors (Lipinski definition) is 1. The molecule has 5 heteroatoms. The van der Waals surface area contributed by atoms with Crippen molar-refractivity contribution >= 4 is 5.82 Å². The van der Waals surface area contributed by atoms with Gasteiger partial charge in [0.1, 0.15) is 11.6 Å². The molecule has 0 aromatic carbocycles. The molecule has 0 bridgehead atoms. The smallest absolute Gasteiger partial charge is 0.133 e. The van der Waals surface area contributed by atoms with Crippen LogP contribution in [0, 0.1) is 0 Å². The molecule has 0 amide bonds. The standard InChI is InChI=1S/C16H27N3O2/c1-3-17-16-13-7-5-4-6-8-14(13)18-15(19-16)9-10-21-12-11-20-2/h3-12H2,1-2H3,(H,17,18,19). The van der Waals surface area contributed by atoms with Crippen LogP contribution in [-0.4, -0.2) is 43.4 Å². The third-order valence-electron chi connectivity index (χ3n) is 3.73. The minimum atomic E-state index is 0.626. The zero-order valence-electron chi connectivity index (χ0n) is 13.3. The molecule has 0 aliphatic heterocycles. The number of aromatic nitrogens is 2. The summed E-state index contributed by atoms with van der Waals surface area (Å²) in [7, 11) is 1.68. The average Bonchev–Trinajstić information content (AvgIpc) is 2.73. The summed E-state index contributed by atoms with van der Waals surface area (Å²) in [5, 5.41) is 3.40. The lowest BCUT2D eigenvalue weighted by molar-refractivity contribution is 0.0716. The minimum Gasteiger partial charge on any atom is -0.382 e. The van der Waals surface area contributed by atoms with Gasteiger partial charge in [-0.1, -0.05) is 6.42 Å². The molecule has 1 aliphatic rings. The fourth-order valence-electron chi connectivity index (χ4n) is 2.66. The Balaban J connectivity index is 2.04. The number of aryl methyl sites for hydroxylation is 1. The summed E-state index contributed by atoms with van der Waals surface area (Å²) in [5.74, 6) is 1.93. The quantitative estimate of drug-likeness (QED) is 0.589. The maximum absolute atomic E-state index is 5.52. The summed E-state index contributed by atoms with van der Waals surface area (Å²) >= 11 is 0. The van der Waals surface area contributed by atoms with Crippen molar-refractivity contribution in [2.75, 3.05) is 38.8 Å². The first-order chi connectivity index (χ1) is 10.3. The van der Waals surface area contributed by atoms with E-state index < -0.39 is 0 Å². The van der Waals surface area contributed by atoms with Gasteiger partial charge in [0, 0.05) is 31.3 Å². The van der Waals surface area contributed by atoms with E-state index >= 15 is 0 Å². The molecule has 0 atom stereocenters. The van der Waals surface area contributed by atoms with E-state index in [4.69, 9.17) is 19.4 Å².